The van der Waals surface area contributed by atoms with Gasteiger partial charge in [0.15, 0.2) is 17.5 Å². The van der Waals surface area contributed by atoms with Crippen molar-refractivity contribution >= 4 is 5.96 Å². The zero-order valence-electron chi connectivity index (χ0n) is 19.7. The molecule has 2 unspecified atom stereocenters. The molecular formula is C23H41N5O2. The highest BCUT2D eigenvalue weighted by Crippen LogP contribution is 2.30. The van der Waals surface area contributed by atoms with Crippen LogP contribution in [0.4, 0.5) is 0 Å². The summed E-state index contributed by atoms with van der Waals surface area (Å²) in [6.07, 6.45) is 0. The molecule has 1 heterocycles. The van der Waals surface area contributed by atoms with Crippen LogP contribution in [0.3, 0.4) is 0 Å². The zero-order valence-corrected chi connectivity index (χ0v) is 19.7. The van der Waals surface area contributed by atoms with Crippen molar-refractivity contribution in [2.45, 2.75) is 46.7 Å². The van der Waals surface area contributed by atoms with Gasteiger partial charge < -0.3 is 25.0 Å². The fourth-order valence-corrected chi connectivity index (χ4v) is 3.71. The standard InChI is InChI=1S/C23H41N5O2/c1-7-27-12-14-28(15-13-27)18(4)17-25-23(24-6)26-19(5)20-10-11-21(29-8-2)22(16-20)30-9-3/h10-11,16,18-19H,7-9,12-15,17H2,1-6H3,(H2,24,25,26). The van der Waals surface area contributed by atoms with Crippen LogP contribution in [0.25, 0.3) is 0 Å². The minimum absolute atomic E-state index is 0.0921. The lowest BCUT2D eigenvalue weighted by Gasteiger charge is -2.37. The van der Waals surface area contributed by atoms with Gasteiger partial charge in [-0.15, -0.1) is 0 Å². The number of aliphatic imine (C=N–C) groups is 1. The Morgan fingerprint density at radius 3 is 2.30 bits per heavy atom. The van der Waals surface area contributed by atoms with E-state index < -0.39 is 0 Å². The number of nitrogens with one attached hydrogen (secondary N) is 2. The van der Waals surface area contributed by atoms with Crippen LogP contribution in [0, 0.1) is 0 Å². The molecule has 2 rings (SSSR count). The Kier molecular flexibility index (Phi) is 10.2. The second kappa shape index (κ2) is 12.6. The molecule has 1 aliphatic rings. The van der Waals surface area contributed by atoms with E-state index in [0.717, 1.165) is 62.3 Å². The van der Waals surface area contributed by atoms with E-state index >= 15 is 0 Å². The third-order valence-corrected chi connectivity index (χ3v) is 5.69. The summed E-state index contributed by atoms with van der Waals surface area (Å²) in [5.74, 6) is 2.39. The van der Waals surface area contributed by atoms with Crippen molar-refractivity contribution in [2.24, 2.45) is 4.99 Å². The van der Waals surface area contributed by atoms with Crippen LogP contribution < -0.4 is 20.1 Å². The van der Waals surface area contributed by atoms with Crippen LogP contribution in [0.5, 0.6) is 11.5 Å². The second-order valence-corrected chi connectivity index (χ2v) is 7.71. The Morgan fingerprint density at radius 1 is 1.03 bits per heavy atom. The van der Waals surface area contributed by atoms with Crippen molar-refractivity contribution in [3.63, 3.8) is 0 Å². The van der Waals surface area contributed by atoms with Crippen molar-refractivity contribution in [1.82, 2.24) is 20.4 Å². The Hall–Kier alpha value is -1.99. The van der Waals surface area contributed by atoms with Crippen molar-refractivity contribution in [1.29, 1.82) is 0 Å². The van der Waals surface area contributed by atoms with Crippen LogP contribution in [-0.2, 0) is 0 Å². The summed E-state index contributed by atoms with van der Waals surface area (Å²) < 4.78 is 11.4. The van der Waals surface area contributed by atoms with Crippen molar-refractivity contribution in [2.75, 3.05) is 59.5 Å². The molecule has 7 heteroatoms. The summed E-state index contributed by atoms with van der Waals surface area (Å²) in [6, 6.07) is 6.67. The highest BCUT2D eigenvalue weighted by Gasteiger charge is 2.20. The summed E-state index contributed by atoms with van der Waals surface area (Å²) in [7, 11) is 1.82. The Labute approximate surface area is 182 Å². The number of likely N-dealkylation sites (N-methyl/N-ethyl adjacent to an activating group) is 1. The predicted octanol–water partition coefficient (Wildman–Crippen LogP) is 2.74. The van der Waals surface area contributed by atoms with Gasteiger partial charge in [-0.2, -0.15) is 0 Å². The van der Waals surface area contributed by atoms with Crippen LogP contribution in [0.2, 0.25) is 0 Å². The van der Waals surface area contributed by atoms with Crippen molar-refractivity contribution < 1.29 is 9.47 Å². The average Bonchev–Trinajstić information content (AvgIpc) is 2.77. The zero-order chi connectivity index (χ0) is 21.9. The summed E-state index contributed by atoms with van der Waals surface area (Å²) in [5, 5.41) is 6.99. The second-order valence-electron chi connectivity index (χ2n) is 7.71. The fraction of sp³-hybridized carbons (Fsp3) is 0.696. The van der Waals surface area contributed by atoms with Gasteiger partial charge in [0.1, 0.15) is 0 Å². The van der Waals surface area contributed by atoms with Gasteiger partial charge in [-0.05, 0) is 51.9 Å². The van der Waals surface area contributed by atoms with Gasteiger partial charge in [-0.3, -0.25) is 9.89 Å². The van der Waals surface area contributed by atoms with Crippen molar-refractivity contribution in [3.05, 3.63) is 23.8 Å². The van der Waals surface area contributed by atoms with E-state index in [1.165, 1.54) is 0 Å². The molecule has 1 aliphatic heterocycles. The van der Waals surface area contributed by atoms with Crippen LogP contribution >= 0.6 is 0 Å². The van der Waals surface area contributed by atoms with Gasteiger partial charge in [0.25, 0.3) is 0 Å². The first-order chi connectivity index (χ1) is 14.5. The van der Waals surface area contributed by atoms with Gasteiger partial charge in [0.05, 0.1) is 19.3 Å². The lowest BCUT2D eigenvalue weighted by atomic mass is 10.1. The molecule has 0 saturated carbocycles. The van der Waals surface area contributed by atoms with E-state index in [9.17, 15) is 0 Å². The first-order valence-corrected chi connectivity index (χ1v) is 11.3. The summed E-state index contributed by atoms with van der Waals surface area (Å²) in [6.45, 7) is 18.4. The third-order valence-electron chi connectivity index (χ3n) is 5.69. The van der Waals surface area contributed by atoms with E-state index in [1.54, 1.807) is 0 Å². The van der Waals surface area contributed by atoms with Crippen LogP contribution in [-0.4, -0.2) is 81.3 Å². The van der Waals surface area contributed by atoms with Gasteiger partial charge in [-0.1, -0.05) is 13.0 Å². The van der Waals surface area contributed by atoms with E-state index in [1.807, 2.05) is 27.0 Å². The van der Waals surface area contributed by atoms with Crippen LogP contribution in [0.15, 0.2) is 23.2 Å². The summed E-state index contributed by atoms with van der Waals surface area (Å²) >= 11 is 0. The molecule has 0 aromatic heterocycles. The highest BCUT2D eigenvalue weighted by atomic mass is 16.5. The lowest BCUT2D eigenvalue weighted by Crippen LogP contribution is -2.53. The van der Waals surface area contributed by atoms with Gasteiger partial charge >= 0.3 is 0 Å². The number of hydrogen-bond acceptors (Lipinski definition) is 5. The SMILES string of the molecule is CCOc1ccc(C(C)NC(=NC)NCC(C)N2CCN(CC)CC2)cc1OCC. The molecule has 0 spiro atoms. The number of guanidine groups is 1. The molecular weight excluding hydrogens is 378 g/mol. The maximum absolute atomic E-state index is 5.77. The molecule has 2 N–H and O–H groups in total. The molecule has 2 atom stereocenters. The number of nitrogens with zero attached hydrogens (tertiary/aromatic N) is 3. The monoisotopic (exact) mass is 419 g/mol. The molecule has 0 bridgehead atoms. The minimum atomic E-state index is 0.0921. The number of benzene rings is 1. The topological polar surface area (TPSA) is 61.4 Å². The fourth-order valence-electron chi connectivity index (χ4n) is 3.71. The third kappa shape index (κ3) is 7.06. The maximum Gasteiger partial charge on any atom is 0.191 e. The molecule has 1 aromatic carbocycles. The average molecular weight is 420 g/mol. The predicted molar refractivity (Wildman–Crippen MR) is 125 cm³/mol. The van der Waals surface area contributed by atoms with Gasteiger partial charge in [0, 0.05) is 45.8 Å². The number of hydrogen-bond donors (Lipinski definition) is 2. The number of ether oxygens (including phenoxy) is 2. The quantitative estimate of drug-likeness (QED) is 0.449. The molecule has 1 saturated heterocycles. The Morgan fingerprint density at radius 2 is 1.70 bits per heavy atom. The number of rotatable bonds is 10. The maximum atomic E-state index is 5.77. The van der Waals surface area contributed by atoms with Crippen LogP contribution in [0.1, 0.15) is 46.2 Å². The van der Waals surface area contributed by atoms with E-state index in [0.29, 0.717) is 19.3 Å². The first-order valence-electron chi connectivity index (χ1n) is 11.3. The molecule has 170 valence electrons. The highest BCUT2D eigenvalue weighted by molar-refractivity contribution is 5.80. The van der Waals surface area contributed by atoms with E-state index in [2.05, 4.69) is 58.3 Å². The number of piperazine rings is 1. The van der Waals surface area contributed by atoms with Crippen molar-refractivity contribution in [3.8, 4) is 11.5 Å². The molecule has 1 aromatic rings. The summed E-state index contributed by atoms with van der Waals surface area (Å²) in [5.41, 5.74) is 1.13. The summed E-state index contributed by atoms with van der Waals surface area (Å²) in [4.78, 5) is 9.47. The molecule has 7 nitrogen and oxygen atoms in total. The lowest BCUT2D eigenvalue weighted by molar-refractivity contribution is 0.107. The molecule has 0 amide bonds. The molecule has 0 radical (unpaired) electrons. The largest absolute Gasteiger partial charge is 0.490 e. The van der Waals surface area contributed by atoms with E-state index in [-0.39, 0.29) is 6.04 Å². The molecule has 0 aliphatic carbocycles. The van der Waals surface area contributed by atoms with Gasteiger partial charge in [-0.25, -0.2) is 0 Å². The Bertz CT molecular complexity index is 659. The normalized spacial score (nSPS) is 18.0. The molecule has 1 fully saturated rings. The minimum Gasteiger partial charge on any atom is -0.490 e. The van der Waals surface area contributed by atoms with E-state index in [4.69, 9.17) is 9.47 Å². The van der Waals surface area contributed by atoms with Gasteiger partial charge in [0.2, 0.25) is 0 Å². The first kappa shape index (κ1) is 24.3. The molecule has 30 heavy (non-hydrogen) atoms. The smallest absolute Gasteiger partial charge is 0.191 e. The Balaban J connectivity index is 1.90.